The van der Waals surface area contributed by atoms with Gasteiger partial charge in [0.2, 0.25) is 15.9 Å². The highest BCUT2D eigenvalue weighted by molar-refractivity contribution is 7.88. The van der Waals surface area contributed by atoms with Crippen LogP contribution in [-0.2, 0) is 27.9 Å². The monoisotopic (exact) mass is 429 g/mol. The first-order valence-electron chi connectivity index (χ1n) is 10.4. The minimum absolute atomic E-state index is 0.341. The third kappa shape index (κ3) is 6.14. The molecule has 1 aliphatic rings. The van der Waals surface area contributed by atoms with Crippen LogP contribution >= 0.6 is 0 Å². The molecule has 1 amide bonds. The third-order valence-electron chi connectivity index (χ3n) is 5.59. The van der Waals surface area contributed by atoms with E-state index in [9.17, 15) is 13.2 Å². The molecule has 2 aromatic carbocycles. The maximum atomic E-state index is 12.9. The van der Waals surface area contributed by atoms with Gasteiger partial charge in [0.25, 0.3) is 0 Å². The van der Waals surface area contributed by atoms with Crippen LogP contribution in [0.2, 0.25) is 0 Å². The van der Waals surface area contributed by atoms with Crippen LogP contribution in [0.15, 0.2) is 54.6 Å². The molecular formula is C23H31N3O3S. The molecule has 1 unspecified atom stereocenters. The summed E-state index contributed by atoms with van der Waals surface area (Å²) in [6, 6.07) is 16.3. The zero-order valence-electron chi connectivity index (χ0n) is 17.8. The van der Waals surface area contributed by atoms with E-state index in [2.05, 4.69) is 22.3 Å². The molecule has 1 fully saturated rings. The molecule has 1 heterocycles. The lowest BCUT2D eigenvalue weighted by Crippen LogP contribution is -2.41. The number of carbonyl (C=O) groups excluding carboxylic acids is 1. The number of carbonyl (C=O) groups is 1. The number of likely N-dealkylation sites (N-methyl/N-ethyl adjacent to an activating group) is 1. The lowest BCUT2D eigenvalue weighted by Gasteiger charge is -2.26. The van der Waals surface area contributed by atoms with Crippen molar-refractivity contribution in [3.63, 3.8) is 0 Å². The Kier molecular flexibility index (Phi) is 7.64. The van der Waals surface area contributed by atoms with E-state index in [0.717, 1.165) is 35.8 Å². The van der Waals surface area contributed by atoms with Crippen LogP contribution in [0.4, 0.5) is 0 Å². The molecular weight excluding hydrogens is 398 g/mol. The van der Waals surface area contributed by atoms with Gasteiger partial charge >= 0.3 is 0 Å². The van der Waals surface area contributed by atoms with Gasteiger partial charge < -0.3 is 5.32 Å². The molecule has 1 saturated heterocycles. The quantitative estimate of drug-likeness (QED) is 0.701. The number of nitrogens with zero attached hydrogens (tertiary/aromatic N) is 2. The maximum Gasteiger partial charge on any atom is 0.243 e. The number of amides is 1. The van der Waals surface area contributed by atoms with Crippen LogP contribution in [0.1, 0.15) is 42.0 Å². The molecule has 0 aromatic heterocycles. The number of rotatable bonds is 8. The minimum atomic E-state index is -3.53. The SMILES string of the molecule is CN(C(C(=O)NCc1ccc(CN2CCCCC2)cc1)c1ccccc1)S(C)(=O)=O. The predicted octanol–water partition coefficient (Wildman–Crippen LogP) is 2.92. The van der Waals surface area contributed by atoms with Crippen LogP contribution in [0.3, 0.4) is 0 Å². The molecule has 0 saturated carbocycles. The topological polar surface area (TPSA) is 69.7 Å². The number of nitrogens with one attached hydrogen (secondary N) is 1. The summed E-state index contributed by atoms with van der Waals surface area (Å²) in [7, 11) is -2.10. The van der Waals surface area contributed by atoms with Crippen LogP contribution < -0.4 is 5.32 Å². The van der Waals surface area contributed by atoms with Crippen molar-refractivity contribution in [2.45, 2.75) is 38.4 Å². The van der Waals surface area contributed by atoms with E-state index >= 15 is 0 Å². The van der Waals surface area contributed by atoms with Crippen LogP contribution in [0.25, 0.3) is 0 Å². The van der Waals surface area contributed by atoms with Crippen molar-refractivity contribution in [3.8, 4) is 0 Å². The predicted molar refractivity (Wildman–Crippen MR) is 119 cm³/mol. The van der Waals surface area contributed by atoms with Crippen molar-refractivity contribution in [2.24, 2.45) is 0 Å². The van der Waals surface area contributed by atoms with E-state index in [1.54, 1.807) is 24.3 Å². The maximum absolute atomic E-state index is 12.9. The largest absolute Gasteiger partial charge is 0.350 e. The average Bonchev–Trinajstić information content (AvgIpc) is 2.74. The third-order valence-corrected chi connectivity index (χ3v) is 6.85. The molecule has 1 aliphatic heterocycles. The summed E-state index contributed by atoms with van der Waals surface area (Å²) in [5.74, 6) is -0.341. The van der Waals surface area contributed by atoms with Crippen LogP contribution in [0.5, 0.6) is 0 Å². The van der Waals surface area contributed by atoms with Gasteiger partial charge in [-0.3, -0.25) is 9.69 Å². The van der Waals surface area contributed by atoms with Crippen molar-refractivity contribution in [3.05, 3.63) is 71.3 Å². The zero-order valence-corrected chi connectivity index (χ0v) is 18.6. The number of sulfonamides is 1. The van der Waals surface area contributed by atoms with Gasteiger partial charge in [0, 0.05) is 20.1 Å². The summed E-state index contributed by atoms with van der Waals surface area (Å²) in [6.07, 6.45) is 4.98. The number of piperidine rings is 1. The zero-order chi connectivity index (χ0) is 21.6. The highest BCUT2D eigenvalue weighted by Gasteiger charge is 2.30. The fraction of sp³-hybridized carbons (Fsp3) is 0.435. The van der Waals surface area contributed by atoms with Crippen LogP contribution in [0, 0.1) is 0 Å². The van der Waals surface area contributed by atoms with Gasteiger partial charge in [-0.05, 0) is 42.6 Å². The molecule has 7 heteroatoms. The number of hydrogen-bond donors (Lipinski definition) is 1. The lowest BCUT2D eigenvalue weighted by molar-refractivity contribution is -0.124. The van der Waals surface area contributed by atoms with E-state index in [4.69, 9.17) is 0 Å². The normalized spacial score (nSPS) is 16.4. The average molecular weight is 430 g/mol. The minimum Gasteiger partial charge on any atom is -0.350 e. The fourth-order valence-corrected chi connectivity index (χ4v) is 4.38. The van der Waals surface area contributed by atoms with Crippen molar-refractivity contribution in [2.75, 3.05) is 26.4 Å². The smallest absolute Gasteiger partial charge is 0.243 e. The summed E-state index contributed by atoms with van der Waals surface area (Å²) >= 11 is 0. The molecule has 6 nitrogen and oxygen atoms in total. The molecule has 2 aromatic rings. The van der Waals surface area contributed by atoms with E-state index in [1.807, 2.05) is 18.2 Å². The highest BCUT2D eigenvalue weighted by Crippen LogP contribution is 2.22. The van der Waals surface area contributed by atoms with Crippen molar-refractivity contribution in [1.82, 2.24) is 14.5 Å². The summed E-state index contributed by atoms with van der Waals surface area (Å²) in [6.45, 7) is 3.63. The standard InChI is InChI=1S/C23H31N3O3S/c1-25(30(2,28)29)22(21-9-5-3-6-10-21)23(27)24-17-19-11-13-20(14-12-19)18-26-15-7-4-8-16-26/h3,5-6,9-14,22H,4,7-8,15-18H2,1-2H3,(H,24,27). The first-order chi connectivity index (χ1) is 14.3. The highest BCUT2D eigenvalue weighted by atomic mass is 32.2. The summed E-state index contributed by atoms with van der Waals surface area (Å²) in [5, 5.41) is 2.90. The Morgan fingerprint density at radius 3 is 2.20 bits per heavy atom. The number of hydrogen-bond acceptors (Lipinski definition) is 4. The molecule has 0 radical (unpaired) electrons. The molecule has 0 spiro atoms. The summed E-state index contributed by atoms with van der Waals surface area (Å²) < 4.78 is 25.2. The first kappa shape index (κ1) is 22.5. The molecule has 1 N–H and O–H groups in total. The Morgan fingerprint density at radius 1 is 1.00 bits per heavy atom. The van der Waals surface area contributed by atoms with Gasteiger partial charge in [0.15, 0.2) is 0 Å². The second kappa shape index (κ2) is 10.2. The second-order valence-corrected chi connectivity index (χ2v) is 10.0. The summed E-state index contributed by atoms with van der Waals surface area (Å²) in [5.41, 5.74) is 2.89. The van der Waals surface area contributed by atoms with E-state index in [1.165, 1.54) is 31.9 Å². The van der Waals surface area contributed by atoms with Crippen LogP contribution in [-0.4, -0.2) is 49.9 Å². The fourth-order valence-electron chi connectivity index (χ4n) is 3.78. The summed E-state index contributed by atoms with van der Waals surface area (Å²) in [4.78, 5) is 15.4. The molecule has 162 valence electrons. The van der Waals surface area contributed by atoms with Gasteiger partial charge in [0.1, 0.15) is 6.04 Å². The Hall–Kier alpha value is -2.22. The first-order valence-corrected chi connectivity index (χ1v) is 12.3. The Balaban J connectivity index is 1.63. The van der Waals surface area contributed by atoms with Gasteiger partial charge in [-0.1, -0.05) is 61.0 Å². The number of benzene rings is 2. The second-order valence-electron chi connectivity index (χ2n) is 7.96. The van der Waals surface area contributed by atoms with Gasteiger partial charge in [0.05, 0.1) is 6.26 Å². The molecule has 1 atom stereocenters. The number of likely N-dealkylation sites (tertiary alicyclic amines) is 1. The Labute approximate surface area is 179 Å². The van der Waals surface area contributed by atoms with E-state index < -0.39 is 16.1 Å². The van der Waals surface area contributed by atoms with Gasteiger partial charge in [-0.2, -0.15) is 4.31 Å². The lowest BCUT2D eigenvalue weighted by atomic mass is 10.1. The van der Waals surface area contributed by atoms with E-state index in [-0.39, 0.29) is 5.91 Å². The molecule has 0 aliphatic carbocycles. The molecule has 3 rings (SSSR count). The molecule has 30 heavy (non-hydrogen) atoms. The van der Waals surface area contributed by atoms with Crippen molar-refractivity contribution >= 4 is 15.9 Å². The van der Waals surface area contributed by atoms with Crippen molar-refractivity contribution < 1.29 is 13.2 Å². The van der Waals surface area contributed by atoms with Crippen molar-refractivity contribution in [1.29, 1.82) is 0 Å². The van der Waals surface area contributed by atoms with Gasteiger partial charge in [-0.25, -0.2) is 8.42 Å². The Bertz CT molecular complexity index is 924. The Morgan fingerprint density at radius 2 is 1.60 bits per heavy atom. The van der Waals surface area contributed by atoms with Gasteiger partial charge in [-0.15, -0.1) is 0 Å². The molecule has 0 bridgehead atoms. The van der Waals surface area contributed by atoms with E-state index in [0.29, 0.717) is 12.1 Å².